The second-order valence-electron chi connectivity index (χ2n) is 5.81. The molecule has 106 valence electrons. The number of hydrogen-bond acceptors (Lipinski definition) is 2. The fourth-order valence-electron chi connectivity index (χ4n) is 2.06. The molecule has 2 aromatic carbocycles. The van der Waals surface area contributed by atoms with Crippen molar-refractivity contribution in [3.05, 3.63) is 58.1 Å². The molecule has 0 unspecified atom stereocenters. The van der Waals surface area contributed by atoms with Gasteiger partial charge in [0.05, 0.1) is 0 Å². The van der Waals surface area contributed by atoms with E-state index in [1.54, 1.807) is 0 Å². The first-order valence-corrected chi connectivity index (χ1v) is 7.47. The van der Waals surface area contributed by atoms with Gasteiger partial charge in [-0.15, -0.1) is 0 Å². The second-order valence-corrected chi connectivity index (χ2v) is 6.66. The van der Waals surface area contributed by atoms with Gasteiger partial charge in [-0.3, -0.25) is 0 Å². The highest BCUT2D eigenvalue weighted by molar-refractivity contribution is 9.10. The third-order valence-electron chi connectivity index (χ3n) is 3.17. The number of halogens is 1. The Morgan fingerprint density at radius 1 is 1.10 bits per heavy atom. The summed E-state index contributed by atoms with van der Waals surface area (Å²) >= 11 is 3.52. The van der Waals surface area contributed by atoms with Crippen molar-refractivity contribution in [2.75, 3.05) is 0 Å². The van der Waals surface area contributed by atoms with E-state index in [4.69, 9.17) is 10.5 Å². The van der Waals surface area contributed by atoms with Crippen LogP contribution in [0, 0.1) is 0 Å². The molecule has 0 bridgehead atoms. The topological polar surface area (TPSA) is 35.2 Å². The molecular formula is C17H20BrNO. The predicted molar refractivity (Wildman–Crippen MR) is 87.2 cm³/mol. The number of benzene rings is 2. The van der Waals surface area contributed by atoms with Crippen LogP contribution in [-0.2, 0) is 12.0 Å². The van der Waals surface area contributed by atoms with Crippen molar-refractivity contribution in [3.8, 4) is 11.5 Å². The van der Waals surface area contributed by atoms with E-state index >= 15 is 0 Å². The van der Waals surface area contributed by atoms with Gasteiger partial charge in [0.2, 0.25) is 0 Å². The minimum Gasteiger partial charge on any atom is -0.457 e. The predicted octanol–water partition coefficient (Wildman–Crippen LogP) is 5.00. The van der Waals surface area contributed by atoms with Gasteiger partial charge < -0.3 is 10.5 Å². The molecule has 0 aromatic heterocycles. The molecule has 2 N–H and O–H groups in total. The maximum absolute atomic E-state index is 6.05. The first kappa shape index (κ1) is 15.1. The zero-order valence-corrected chi connectivity index (χ0v) is 13.7. The number of nitrogens with two attached hydrogens (primary N) is 1. The second kappa shape index (κ2) is 5.98. The van der Waals surface area contributed by atoms with Crippen LogP contribution in [0.5, 0.6) is 11.5 Å². The zero-order chi connectivity index (χ0) is 14.8. The van der Waals surface area contributed by atoms with E-state index < -0.39 is 0 Å². The van der Waals surface area contributed by atoms with E-state index in [0.29, 0.717) is 6.54 Å². The van der Waals surface area contributed by atoms with Gasteiger partial charge in [0.1, 0.15) is 11.5 Å². The van der Waals surface area contributed by atoms with Crippen LogP contribution in [0.25, 0.3) is 0 Å². The molecule has 2 aromatic rings. The SMILES string of the molecule is CC(C)(C)c1ccccc1Oc1ccc(CN)c(Br)c1. The summed E-state index contributed by atoms with van der Waals surface area (Å²) < 4.78 is 7.02. The Labute approximate surface area is 129 Å². The molecule has 0 heterocycles. The highest BCUT2D eigenvalue weighted by Crippen LogP contribution is 2.34. The minimum atomic E-state index is 0.0467. The van der Waals surface area contributed by atoms with Crippen molar-refractivity contribution in [2.45, 2.75) is 32.7 Å². The average molecular weight is 334 g/mol. The monoisotopic (exact) mass is 333 g/mol. The van der Waals surface area contributed by atoms with Gasteiger partial charge in [-0.05, 0) is 29.2 Å². The third-order valence-corrected chi connectivity index (χ3v) is 3.91. The first-order valence-electron chi connectivity index (χ1n) is 6.67. The summed E-state index contributed by atoms with van der Waals surface area (Å²) in [6.45, 7) is 7.06. The number of ether oxygens (including phenoxy) is 1. The van der Waals surface area contributed by atoms with E-state index in [1.165, 1.54) is 5.56 Å². The Hall–Kier alpha value is -1.32. The standard InChI is InChI=1S/C17H20BrNO/c1-17(2,3)14-6-4-5-7-16(14)20-13-9-8-12(11-19)15(18)10-13/h4-10H,11,19H2,1-3H3. The lowest BCUT2D eigenvalue weighted by Crippen LogP contribution is -2.12. The van der Waals surface area contributed by atoms with Crippen molar-refractivity contribution in [3.63, 3.8) is 0 Å². The Morgan fingerprint density at radius 3 is 2.40 bits per heavy atom. The highest BCUT2D eigenvalue weighted by Gasteiger charge is 2.18. The van der Waals surface area contributed by atoms with E-state index in [1.807, 2.05) is 36.4 Å². The summed E-state index contributed by atoms with van der Waals surface area (Å²) in [6.07, 6.45) is 0. The van der Waals surface area contributed by atoms with Gasteiger partial charge in [0.25, 0.3) is 0 Å². The van der Waals surface area contributed by atoms with Gasteiger partial charge in [-0.25, -0.2) is 0 Å². The Morgan fingerprint density at radius 2 is 1.80 bits per heavy atom. The largest absolute Gasteiger partial charge is 0.457 e. The summed E-state index contributed by atoms with van der Waals surface area (Å²) in [6, 6.07) is 14.0. The van der Waals surface area contributed by atoms with E-state index in [2.05, 4.69) is 42.8 Å². The summed E-state index contributed by atoms with van der Waals surface area (Å²) in [7, 11) is 0. The van der Waals surface area contributed by atoms with Crippen molar-refractivity contribution in [1.29, 1.82) is 0 Å². The zero-order valence-electron chi connectivity index (χ0n) is 12.1. The fourth-order valence-corrected chi connectivity index (χ4v) is 2.58. The van der Waals surface area contributed by atoms with Gasteiger partial charge in [0, 0.05) is 16.6 Å². The van der Waals surface area contributed by atoms with Crippen molar-refractivity contribution < 1.29 is 4.74 Å². The van der Waals surface area contributed by atoms with Gasteiger partial charge in [0.15, 0.2) is 0 Å². The van der Waals surface area contributed by atoms with Crippen LogP contribution in [0.3, 0.4) is 0 Å². The van der Waals surface area contributed by atoms with E-state index in [-0.39, 0.29) is 5.41 Å². The molecular weight excluding hydrogens is 314 g/mol. The van der Waals surface area contributed by atoms with Crippen LogP contribution in [-0.4, -0.2) is 0 Å². The van der Waals surface area contributed by atoms with Crippen molar-refractivity contribution >= 4 is 15.9 Å². The first-order chi connectivity index (χ1) is 9.41. The van der Waals surface area contributed by atoms with Crippen molar-refractivity contribution in [2.24, 2.45) is 5.73 Å². The molecule has 0 atom stereocenters. The van der Waals surface area contributed by atoms with Crippen molar-refractivity contribution in [1.82, 2.24) is 0 Å². The number of rotatable bonds is 3. The molecule has 0 aliphatic heterocycles. The lowest BCUT2D eigenvalue weighted by molar-refractivity contribution is 0.455. The van der Waals surface area contributed by atoms with Gasteiger partial charge in [-0.1, -0.05) is 61.0 Å². The molecule has 0 fully saturated rings. The molecule has 0 spiro atoms. The van der Waals surface area contributed by atoms with Crippen LogP contribution in [0.4, 0.5) is 0 Å². The van der Waals surface area contributed by atoms with Crippen LogP contribution >= 0.6 is 15.9 Å². The van der Waals surface area contributed by atoms with Crippen LogP contribution in [0.15, 0.2) is 46.9 Å². The Kier molecular flexibility index (Phi) is 4.51. The molecule has 0 radical (unpaired) electrons. The molecule has 3 heteroatoms. The fraction of sp³-hybridized carbons (Fsp3) is 0.294. The van der Waals surface area contributed by atoms with Crippen LogP contribution in [0.2, 0.25) is 0 Å². The summed E-state index contributed by atoms with van der Waals surface area (Å²) in [5.41, 5.74) is 7.97. The number of para-hydroxylation sites is 1. The molecule has 2 nitrogen and oxygen atoms in total. The summed E-state index contributed by atoms with van der Waals surface area (Å²) in [5, 5.41) is 0. The average Bonchev–Trinajstić information content (AvgIpc) is 2.38. The highest BCUT2D eigenvalue weighted by atomic mass is 79.9. The normalized spacial score (nSPS) is 11.4. The van der Waals surface area contributed by atoms with Gasteiger partial charge in [-0.2, -0.15) is 0 Å². The molecule has 2 rings (SSSR count). The van der Waals surface area contributed by atoms with Crippen LogP contribution < -0.4 is 10.5 Å². The van der Waals surface area contributed by atoms with Crippen LogP contribution in [0.1, 0.15) is 31.9 Å². The smallest absolute Gasteiger partial charge is 0.131 e. The minimum absolute atomic E-state index is 0.0467. The maximum atomic E-state index is 6.05. The summed E-state index contributed by atoms with van der Waals surface area (Å²) in [5.74, 6) is 1.71. The molecule has 0 aliphatic rings. The third kappa shape index (κ3) is 3.41. The quantitative estimate of drug-likeness (QED) is 0.857. The van der Waals surface area contributed by atoms with E-state index in [0.717, 1.165) is 21.5 Å². The van der Waals surface area contributed by atoms with Gasteiger partial charge >= 0.3 is 0 Å². The number of hydrogen-bond donors (Lipinski definition) is 1. The molecule has 0 saturated carbocycles. The lowest BCUT2D eigenvalue weighted by atomic mass is 9.86. The Balaban J connectivity index is 2.33. The maximum Gasteiger partial charge on any atom is 0.131 e. The molecule has 0 aliphatic carbocycles. The molecule has 0 saturated heterocycles. The summed E-state index contributed by atoms with van der Waals surface area (Å²) in [4.78, 5) is 0. The van der Waals surface area contributed by atoms with E-state index in [9.17, 15) is 0 Å². The Bertz CT molecular complexity index is 602. The molecule has 20 heavy (non-hydrogen) atoms. The lowest BCUT2D eigenvalue weighted by Gasteiger charge is -2.22. The molecule has 0 amide bonds.